The fourth-order valence-corrected chi connectivity index (χ4v) is 5.65. The smallest absolute Gasteiger partial charge is 0.229 e. The summed E-state index contributed by atoms with van der Waals surface area (Å²) in [5, 5.41) is 17.7. The quantitative estimate of drug-likeness (QED) is 0.233. The van der Waals surface area contributed by atoms with Gasteiger partial charge in [-0.05, 0) is 74.1 Å². The minimum Gasteiger partial charge on any atom is -0.506 e. The van der Waals surface area contributed by atoms with E-state index in [0.717, 1.165) is 28.3 Å². The number of hydrogen-bond acceptors (Lipinski definition) is 5. The SMILES string of the molecule is COc1cc(N2C(=S)NC(c3ccccn3)C2c2cc(C)n(-c3ccccc3O)c2C)ccc1NC(=O)C(C)(C)C. The molecule has 0 spiro atoms. The summed E-state index contributed by atoms with van der Waals surface area (Å²) in [6, 6.07) is 20.5. The van der Waals surface area contributed by atoms with Gasteiger partial charge in [-0.15, -0.1) is 0 Å². The molecule has 9 heteroatoms. The lowest BCUT2D eigenvalue weighted by atomic mass is 9.95. The Morgan fingerprint density at radius 3 is 2.46 bits per heavy atom. The number of methoxy groups -OCH3 is 1. The zero-order chi connectivity index (χ0) is 29.5. The Kier molecular flexibility index (Phi) is 7.48. The number of ether oxygens (including phenoxy) is 1. The van der Waals surface area contributed by atoms with Crippen molar-refractivity contribution in [3.8, 4) is 17.2 Å². The van der Waals surface area contributed by atoms with Crippen LogP contribution in [0.2, 0.25) is 0 Å². The van der Waals surface area contributed by atoms with Gasteiger partial charge in [-0.25, -0.2) is 0 Å². The van der Waals surface area contributed by atoms with E-state index in [1.807, 2.05) is 82.3 Å². The number of thiocarbonyl (C=S) groups is 1. The predicted octanol–water partition coefficient (Wildman–Crippen LogP) is 6.37. The number of carbonyl (C=O) groups is 1. The number of carbonyl (C=O) groups excluding carboxylic acids is 1. The highest BCUT2D eigenvalue weighted by Crippen LogP contribution is 2.45. The van der Waals surface area contributed by atoms with Gasteiger partial charge in [0.1, 0.15) is 11.5 Å². The first kappa shape index (κ1) is 28.2. The molecule has 212 valence electrons. The highest BCUT2D eigenvalue weighted by atomic mass is 32.1. The number of phenols is 1. The second-order valence-corrected chi connectivity index (χ2v) is 11.6. The van der Waals surface area contributed by atoms with Gasteiger partial charge in [-0.1, -0.05) is 39.0 Å². The van der Waals surface area contributed by atoms with Crippen molar-refractivity contribution in [1.82, 2.24) is 14.9 Å². The second kappa shape index (κ2) is 10.9. The summed E-state index contributed by atoms with van der Waals surface area (Å²) in [5.74, 6) is 0.630. The van der Waals surface area contributed by atoms with Crippen LogP contribution in [0.5, 0.6) is 11.5 Å². The summed E-state index contributed by atoms with van der Waals surface area (Å²) in [6.45, 7) is 9.68. The lowest BCUT2D eigenvalue weighted by Crippen LogP contribution is -2.30. The van der Waals surface area contributed by atoms with Crippen LogP contribution in [0, 0.1) is 19.3 Å². The van der Waals surface area contributed by atoms with Crippen LogP contribution in [0.1, 0.15) is 55.5 Å². The average Bonchev–Trinajstić information content (AvgIpc) is 3.44. The van der Waals surface area contributed by atoms with Crippen molar-refractivity contribution in [3.05, 3.63) is 95.6 Å². The number of rotatable bonds is 6. The van der Waals surface area contributed by atoms with Crippen molar-refractivity contribution in [1.29, 1.82) is 0 Å². The number of nitrogens with zero attached hydrogens (tertiary/aromatic N) is 3. The van der Waals surface area contributed by atoms with Crippen LogP contribution in [-0.4, -0.2) is 32.8 Å². The molecule has 41 heavy (non-hydrogen) atoms. The number of pyridine rings is 1. The number of benzene rings is 2. The van der Waals surface area contributed by atoms with E-state index in [9.17, 15) is 9.90 Å². The Bertz CT molecular complexity index is 1610. The summed E-state index contributed by atoms with van der Waals surface area (Å²) in [4.78, 5) is 19.4. The molecular formula is C32H35N5O3S. The van der Waals surface area contributed by atoms with Crippen LogP contribution >= 0.6 is 12.2 Å². The summed E-state index contributed by atoms with van der Waals surface area (Å²) in [7, 11) is 1.58. The first-order valence-electron chi connectivity index (χ1n) is 13.5. The molecule has 1 aliphatic rings. The maximum absolute atomic E-state index is 12.7. The van der Waals surface area contributed by atoms with E-state index in [-0.39, 0.29) is 23.7 Å². The maximum Gasteiger partial charge on any atom is 0.229 e. The summed E-state index contributed by atoms with van der Waals surface area (Å²) in [5.41, 5.74) is 5.41. The van der Waals surface area contributed by atoms with Crippen LogP contribution in [0.3, 0.4) is 0 Å². The number of aromatic hydroxyl groups is 1. The number of aryl methyl sites for hydroxylation is 1. The Labute approximate surface area is 246 Å². The van der Waals surface area contributed by atoms with Crippen molar-refractivity contribution in [2.75, 3.05) is 17.3 Å². The van der Waals surface area contributed by atoms with E-state index < -0.39 is 5.41 Å². The topological polar surface area (TPSA) is 91.7 Å². The van der Waals surface area contributed by atoms with E-state index >= 15 is 0 Å². The van der Waals surface area contributed by atoms with Gasteiger partial charge in [0.2, 0.25) is 5.91 Å². The Morgan fingerprint density at radius 1 is 1.07 bits per heavy atom. The summed E-state index contributed by atoms with van der Waals surface area (Å²) >= 11 is 5.93. The normalized spacial score (nSPS) is 16.9. The van der Waals surface area contributed by atoms with Gasteiger partial charge in [0.15, 0.2) is 5.11 Å². The highest BCUT2D eigenvalue weighted by Gasteiger charge is 2.42. The lowest BCUT2D eigenvalue weighted by Gasteiger charge is -2.29. The van der Waals surface area contributed by atoms with Crippen LogP contribution in [0.4, 0.5) is 11.4 Å². The standard InChI is InChI=1S/C32H35N5O3S/c1-19-17-22(20(2)36(19)25-12-7-8-13-26(25)38)29-28(24-11-9-10-16-33-24)35-31(41)37(29)21-14-15-23(27(18-21)40-6)34-30(39)32(3,4)5/h7-18,28-29,38H,1-6H3,(H,34,39)(H,35,41). The molecule has 2 aromatic carbocycles. The number of hydrogen-bond donors (Lipinski definition) is 3. The summed E-state index contributed by atoms with van der Waals surface area (Å²) < 4.78 is 7.78. The Hall–Kier alpha value is -4.37. The molecule has 0 aliphatic carbocycles. The highest BCUT2D eigenvalue weighted by molar-refractivity contribution is 7.80. The Balaban J connectivity index is 1.64. The van der Waals surface area contributed by atoms with Gasteiger partial charge >= 0.3 is 0 Å². The third-order valence-corrected chi connectivity index (χ3v) is 7.72. The number of phenolic OH excluding ortho intramolecular Hbond substituents is 1. The molecule has 2 atom stereocenters. The molecule has 2 unspecified atom stereocenters. The minimum absolute atomic E-state index is 0.105. The monoisotopic (exact) mass is 569 g/mol. The maximum atomic E-state index is 12.7. The minimum atomic E-state index is -0.555. The molecule has 0 saturated carbocycles. The molecule has 4 aromatic rings. The number of amides is 1. The molecule has 5 rings (SSSR count). The number of aromatic nitrogens is 2. The number of nitrogens with one attached hydrogen (secondary N) is 2. The molecule has 0 radical (unpaired) electrons. The Morgan fingerprint density at radius 2 is 1.80 bits per heavy atom. The molecule has 0 bridgehead atoms. The van der Waals surface area contributed by atoms with E-state index in [0.29, 0.717) is 22.2 Å². The van der Waals surface area contributed by atoms with E-state index in [2.05, 4.69) is 38.1 Å². The van der Waals surface area contributed by atoms with E-state index in [4.69, 9.17) is 17.0 Å². The fraction of sp³-hybridized carbons (Fsp3) is 0.281. The lowest BCUT2D eigenvalue weighted by molar-refractivity contribution is -0.123. The first-order chi connectivity index (χ1) is 19.5. The molecule has 1 amide bonds. The fourth-order valence-electron chi connectivity index (χ4n) is 5.30. The van der Waals surface area contributed by atoms with Crippen molar-refractivity contribution in [2.24, 2.45) is 5.41 Å². The van der Waals surface area contributed by atoms with Crippen LogP contribution < -0.4 is 20.3 Å². The van der Waals surface area contributed by atoms with Gasteiger partial charge in [-0.2, -0.15) is 0 Å². The molecule has 2 aromatic heterocycles. The van der Waals surface area contributed by atoms with E-state index in [1.165, 1.54) is 0 Å². The molecule has 1 fully saturated rings. The molecule has 3 N–H and O–H groups in total. The van der Waals surface area contributed by atoms with Gasteiger partial charge in [0.25, 0.3) is 0 Å². The summed E-state index contributed by atoms with van der Waals surface area (Å²) in [6.07, 6.45) is 1.78. The van der Waals surface area contributed by atoms with Crippen LogP contribution in [0.25, 0.3) is 5.69 Å². The van der Waals surface area contributed by atoms with Gasteiger partial charge in [0, 0.05) is 34.8 Å². The largest absolute Gasteiger partial charge is 0.506 e. The average molecular weight is 570 g/mol. The number of para-hydroxylation sites is 2. The van der Waals surface area contributed by atoms with Crippen LogP contribution in [0.15, 0.2) is 72.9 Å². The third kappa shape index (κ3) is 5.25. The van der Waals surface area contributed by atoms with Gasteiger partial charge in [-0.3, -0.25) is 9.78 Å². The predicted molar refractivity (Wildman–Crippen MR) is 166 cm³/mol. The van der Waals surface area contributed by atoms with Crippen molar-refractivity contribution in [3.63, 3.8) is 0 Å². The van der Waals surface area contributed by atoms with E-state index in [1.54, 1.807) is 19.4 Å². The molecule has 8 nitrogen and oxygen atoms in total. The van der Waals surface area contributed by atoms with Crippen molar-refractivity contribution in [2.45, 2.75) is 46.7 Å². The third-order valence-electron chi connectivity index (χ3n) is 7.40. The van der Waals surface area contributed by atoms with Crippen LogP contribution in [-0.2, 0) is 4.79 Å². The zero-order valence-corrected chi connectivity index (χ0v) is 24.9. The number of anilines is 2. The molecule has 3 heterocycles. The molecule has 1 aliphatic heterocycles. The molecule has 1 saturated heterocycles. The first-order valence-corrected chi connectivity index (χ1v) is 13.9. The van der Waals surface area contributed by atoms with Crippen molar-refractivity contribution < 1.29 is 14.6 Å². The van der Waals surface area contributed by atoms with Gasteiger partial charge < -0.3 is 29.9 Å². The zero-order valence-electron chi connectivity index (χ0n) is 24.1. The van der Waals surface area contributed by atoms with Crippen molar-refractivity contribution >= 4 is 34.6 Å². The van der Waals surface area contributed by atoms with Gasteiger partial charge in [0.05, 0.1) is 36.3 Å². The second-order valence-electron chi connectivity index (χ2n) is 11.2. The molecular weight excluding hydrogens is 534 g/mol.